The molecule has 3 N–H and O–H groups in total. The summed E-state index contributed by atoms with van der Waals surface area (Å²) in [5, 5.41) is 22.5. The lowest BCUT2D eigenvalue weighted by Gasteiger charge is -2.19. The van der Waals surface area contributed by atoms with Crippen molar-refractivity contribution in [3.63, 3.8) is 0 Å². The van der Waals surface area contributed by atoms with Crippen LogP contribution in [0.1, 0.15) is 23.1 Å². The van der Waals surface area contributed by atoms with Gasteiger partial charge in [0.1, 0.15) is 18.4 Å². The summed E-state index contributed by atoms with van der Waals surface area (Å²) in [5.41, 5.74) is 0.107. The van der Waals surface area contributed by atoms with Gasteiger partial charge in [-0.15, -0.1) is 0 Å². The summed E-state index contributed by atoms with van der Waals surface area (Å²) in [6.45, 7) is -0.453. The highest BCUT2D eigenvalue weighted by atomic mass is 16.4. The van der Waals surface area contributed by atoms with Crippen LogP contribution in [-0.4, -0.2) is 20.2 Å². The van der Waals surface area contributed by atoms with E-state index in [4.69, 9.17) is 4.42 Å². The molecule has 7 nitrogen and oxygen atoms in total. The zero-order valence-electron chi connectivity index (χ0n) is 12.6. The molecule has 0 amide bonds. The predicted octanol–water partition coefficient (Wildman–Crippen LogP) is 1.83. The highest BCUT2D eigenvalue weighted by molar-refractivity contribution is 5.42. The SMILES string of the molecule is O=c1cc(CO)oc(C(Nc2ncccn2)c2ccccc2)c1O. The van der Waals surface area contributed by atoms with E-state index in [1.165, 1.54) is 0 Å². The van der Waals surface area contributed by atoms with E-state index in [9.17, 15) is 15.0 Å². The number of nitrogens with zero attached hydrogens (tertiary/aromatic N) is 2. The van der Waals surface area contributed by atoms with Gasteiger partial charge in [-0.25, -0.2) is 9.97 Å². The zero-order valence-corrected chi connectivity index (χ0v) is 12.6. The third-order valence-electron chi connectivity index (χ3n) is 3.39. The number of aromatic hydroxyl groups is 1. The molecule has 0 aliphatic carbocycles. The Bertz CT molecular complexity index is 866. The highest BCUT2D eigenvalue weighted by Crippen LogP contribution is 2.30. The van der Waals surface area contributed by atoms with E-state index >= 15 is 0 Å². The van der Waals surface area contributed by atoms with Crippen molar-refractivity contribution in [1.82, 2.24) is 9.97 Å². The quantitative estimate of drug-likeness (QED) is 0.656. The minimum absolute atomic E-state index is 0.00907. The molecule has 7 heteroatoms. The van der Waals surface area contributed by atoms with Crippen LogP contribution < -0.4 is 10.7 Å². The van der Waals surface area contributed by atoms with Gasteiger partial charge in [-0.05, 0) is 11.6 Å². The minimum Gasteiger partial charge on any atom is -0.502 e. The average Bonchev–Trinajstić information content (AvgIpc) is 2.64. The molecule has 2 aromatic heterocycles. The maximum absolute atomic E-state index is 11.9. The molecule has 0 radical (unpaired) electrons. The van der Waals surface area contributed by atoms with Crippen LogP contribution in [0.3, 0.4) is 0 Å². The van der Waals surface area contributed by atoms with Crippen molar-refractivity contribution in [3.05, 3.63) is 82.2 Å². The van der Waals surface area contributed by atoms with Crippen molar-refractivity contribution in [2.75, 3.05) is 5.32 Å². The molecule has 122 valence electrons. The van der Waals surface area contributed by atoms with Gasteiger partial charge in [0.25, 0.3) is 0 Å². The van der Waals surface area contributed by atoms with Crippen molar-refractivity contribution in [2.45, 2.75) is 12.6 Å². The summed E-state index contributed by atoms with van der Waals surface area (Å²) in [5.74, 6) is -0.165. The number of aliphatic hydroxyl groups excluding tert-OH is 1. The number of nitrogens with one attached hydrogen (secondary N) is 1. The first kappa shape index (κ1) is 15.7. The van der Waals surface area contributed by atoms with Crippen LogP contribution in [0.15, 0.2) is 64.1 Å². The standard InChI is InChI=1S/C17H15N3O4/c21-10-12-9-13(22)15(23)16(24-12)14(11-5-2-1-3-6-11)20-17-18-7-4-8-19-17/h1-9,14,21,23H,10H2,(H,18,19,20). The molecule has 0 saturated heterocycles. The third-order valence-corrected chi connectivity index (χ3v) is 3.39. The molecule has 0 aliphatic rings. The Morgan fingerprint density at radius 2 is 1.83 bits per heavy atom. The van der Waals surface area contributed by atoms with Crippen molar-refractivity contribution in [3.8, 4) is 5.75 Å². The molecule has 1 atom stereocenters. The lowest BCUT2D eigenvalue weighted by atomic mass is 10.0. The van der Waals surface area contributed by atoms with Gasteiger partial charge in [0.05, 0.1) is 0 Å². The van der Waals surface area contributed by atoms with Gasteiger partial charge in [-0.1, -0.05) is 30.3 Å². The smallest absolute Gasteiger partial charge is 0.227 e. The Morgan fingerprint density at radius 1 is 1.12 bits per heavy atom. The highest BCUT2D eigenvalue weighted by Gasteiger charge is 2.24. The number of benzene rings is 1. The Kier molecular flexibility index (Phi) is 4.53. The third kappa shape index (κ3) is 3.26. The fraction of sp³-hybridized carbons (Fsp3) is 0.118. The summed E-state index contributed by atoms with van der Waals surface area (Å²) >= 11 is 0. The summed E-state index contributed by atoms with van der Waals surface area (Å²) in [7, 11) is 0. The largest absolute Gasteiger partial charge is 0.502 e. The first-order valence-corrected chi connectivity index (χ1v) is 7.24. The van der Waals surface area contributed by atoms with Gasteiger partial charge in [0, 0.05) is 18.5 Å². The Labute approximate surface area is 137 Å². The van der Waals surface area contributed by atoms with E-state index in [-0.39, 0.29) is 11.5 Å². The van der Waals surface area contributed by atoms with Crippen molar-refractivity contribution in [2.24, 2.45) is 0 Å². The van der Waals surface area contributed by atoms with Gasteiger partial charge < -0.3 is 19.9 Å². The zero-order chi connectivity index (χ0) is 16.9. The van der Waals surface area contributed by atoms with Crippen molar-refractivity contribution >= 4 is 5.95 Å². The number of anilines is 1. The van der Waals surface area contributed by atoms with E-state index in [2.05, 4.69) is 15.3 Å². The van der Waals surface area contributed by atoms with Crippen LogP contribution in [-0.2, 0) is 6.61 Å². The van der Waals surface area contributed by atoms with Gasteiger partial charge in [-0.3, -0.25) is 4.79 Å². The normalized spacial score (nSPS) is 11.9. The lowest BCUT2D eigenvalue weighted by Crippen LogP contribution is -2.17. The molecule has 0 spiro atoms. The molecule has 2 heterocycles. The summed E-state index contributed by atoms with van der Waals surface area (Å²) in [4.78, 5) is 20.1. The lowest BCUT2D eigenvalue weighted by molar-refractivity contribution is 0.234. The predicted molar refractivity (Wildman–Crippen MR) is 86.5 cm³/mol. The topological polar surface area (TPSA) is 108 Å². The molecule has 0 saturated carbocycles. The molecule has 0 bridgehead atoms. The second-order valence-corrected chi connectivity index (χ2v) is 5.01. The molecule has 0 fully saturated rings. The van der Waals surface area contributed by atoms with Crippen LogP contribution >= 0.6 is 0 Å². The molecular formula is C17H15N3O4. The van der Waals surface area contributed by atoms with Crippen LogP contribution in [0.25, 0.3) is 0 Å². The molecule has 0 aliphatic heterocycles. The molecular weight excluding hydrogens is 310 g/mol. The van der Waals surface area contributed by atoms with Crippen molar-refractivity contribution < 1.29 is 14.6 Å². The average molecular weight is 325 g/mol. The number of rotatable bonds is 5. The van der Waals surface area contributed by atoms with Crippen LogP contribution in [0.2, 0.25) is 0 Å². The number of hydrogen-bond donors (Lipinski definition) is 3. The van der Waals surface area contributed by atoms with E-state index in [0.29, 0.717) is 5.95 Å². The minimum atomic E-state index is -0.701. The van der Waals surface area contributed by atoms with Crippen LogP contribution in [0.4, 0.5) is 5.95 Å². The first-order chi connectivity index (χ1) is 11.7. The molecule has 1 aromatic carbocycles. The second kappa shape index (κ2) is 6.93. The Hall–Kier alpha value is -3.19. The molecule has 24 heavy (non-hydrogen) atoms. The van der Waals surface area contributed by atoms with E-state index in [1.54, 1.807) is 18.5 Å². The monoisotopic (exact) mass is 325 g/mol. The fourth-order valence-electron chi connectivity index (χ4n) is 2.28. The number of aliphatic hydroxyl groups is 1. The number of aromatic nitrogens is 2. The molecule has 1 unspecified atom stereocenters. The van der Waals surface area contributed by atoms with Crippen molar-refractivity contribution in [1.29, 1.82) is 0 Å². The van der Waals surface area contributed by atoms with E-state index in [0.717, 1.165) is 11.6 Å². The van der Waals surface area contributed by atoms with Gasteiger partial charge in [0.2, 0.25) is 17.1 Å². The fourth-order valence-corrected chi connectivity index (χ4v) is 2.28. The maximum Gasteiger partial charge on any atom is 0.227 e. The summed E-state index contributed by atoms with van der Waals surface area (Å²) in [6, 6.07) is 11.1. The van der Waals surface area contributed by atoms with Gasteiger partial charge in [-0.2, -0.15) is 0 Å². The van der Waals surface area contributed by atoms with Gasteiger partial charge >= 0.3 is 0 Å². The molecule has 3 rings (SSSR count). The maximum atomic E-state index is 11.9. The van der Waals surface area contributed by atoms with Crippen LogP contribution in [0.5, 0.6) is 5.75 Å². The van der Waals surface area contributed by atoms with E-state index < -0.39 is 23.8 Å². The van der Waals surface area contributed by atoms with E-state index in [1.807, 2.05) is 30.3 Å². The summed E-state index contributed by atoms with van der Waals surface area (Å²) in [6.07, 6.45) is 3.13. The summed E-state index contributed by atoms with van der Waals surface area (Å²) < 4.78 is 5.51. The Morgan fingerprint density at radius 3 is 2.50 bits per heavy atom. The second-order valence-electron chi connectivity index (χ2n) is 5.01. The number of hydrogen-bond acceptors (Lipinski definition) is 7. The van der Waals surface area contributed by atoms with Gasteiger partial charge in [0.15, 0.2) is 5.76 Å². The Balaban J connectivity index is 2.12. The molecule has 3 aromatic rings. The van der Waals surface area contributed by atoms with Crippen LogP contribution in [0, 0.1) is 0 Å². The first-order valence-electron chi connectivity index (χ1n) is 7.24.